The van der Waals surface area contributed by atoms with Gasteiger partial charge in [-0.05, 0) is 32.0 Å². The average molecular weight is 286 g/mol. The highest BCUT2D eigenvalue weighted by Crippen LogP contribution is 2.25. The first-order valence-electron chi connectivity index (χ1n) is 5.11. The third kappa shape index (κ3) is 3.32. The molecular weight excluding hydrogens is 270 g/mol. The Hall–Kier alpha value is -0.870. The number of Topliss-reactive ketones (excluding diaryl/α,β-unsaturated/α-hetero) is 1. The Kier molecular flexibility index (Phi) is 4.50. The predicted octanol–water partition coefficient (Wildman–Crippen LogP) is 2.47. The molecule has 0 saturated carbocycles. The molecule has 0 aliphatic rings. The maximum Gasteiger partial charge on any atom is 0.161 e. The Morgan fingerprint density at radius 2 is 2.19 bits per heavy atom. The number of likely N-dealkylation sites (N-methyl/N-ethyl adjacent to an activating group) is 1. The van der Waals surface area contributed by atoms with Crippen molar-refractivity contribution in [3.8, 4) is 0 Å². The normalized spacial score (nSPS) is 12.3. The second-order valence-corrected chi connectivity index (χ2v) is 4.86. The van der Waals surface area contributed by atoms with Crippen LogP contribution < -0.4 is 4.90 Å². The van der Waals surface area contributed by atoms with E-state index in [4.69, 9.17) is 0 Å². The van der Waals surface area contributed by atoms with Gasteiger partial charge in [0.05, 0.1) is 6.10 Å². The first kappa shape index (κ1) is 13.2. The maximum atomic E-state index is 11.5. The summed E-state index contributed by atoms with van der Waals surface area (Å²) < 4.78 is 0.921. The van der Waals surface area contributed by atoms with E-state index in [1.165, 1.54) is 0 Å². The van der Waals surface area contributed by atoms with Crippen molar-refractivity contribution in [1.82, 2.24) is 0 Å². The SMILES string of the molecule is CC(=O)c1ccc(Br)cc1N(C)CC(C)O. The summed E-state index contributed by atoms with van der Waals surface area (Å²) in [6.07, 6.45) is -0.427. The van der Waals surface area contributed by atoms with E-state index in [1.54, 1.807) is 19.9 Å². The number of nitrogens with zero attached hydrogens (tertiary/aromatic N) is 1. The van der Waals surface area contributed by atoms with Crippen LogP contribution in [-0.2, 0) is 0 Å². The lowest BCUT2D eigenvalue weighted by Crippen LogP contribution is -2.28. The molecule has 1 N–H and O–H groups in total. The summed E-state index contributed by atoms with van der Waals surface area (Å²) in [4.78, 5) is 13.3. The largest absolute Gasteiger partial charge is 0.392 e. The minimum atomic E-state index is -0.427. The van der Waals surface area contributed by atoms with Gasteiger partial charge in [0.15, 0.2) is 5.78 Å². The fraction of sp³-hybridized carbons (Fsp3) is 0.417. The Labute approximate surface area is 104 Å². The number of carbonyl (C=O) groups excluding carboxylic acids is 1. The summed E-state index contributed by atoms with van der Waals surface area (Å²) in [6.45, 7) is 3.77. The molecule has 1 atom stereocenters. The van der Waals surface area contributed by atoms with Crippen LogP contribution in [0.3, 0.4) is 0 Å². The van der Waals surface area contributed by atoms with E-state index < -0.39 is 6.10 Å². The quantitative estimate of drug-likeness (QED) is 0.864. The summed E-state index contributed by atoms with van der Waals surface area (Å²) in [5, 5.41) is 9.34. The number of halogens is 1. The van der Waals surface area contributed by atoms with Crippen LogP contribution in [0.2, 0.25) is 0 Å². The molecule has 1 aromatic rings. The van der Waals surface area contributed by atoms with Crippen molar-refractivity contribution in [2.24, 2.45) is 0 Å². The lowest BCUT2D eigenvalue weighted by Gasteiger charge is -2.23. The average Bonchev–Trinajstić information content (AvgIpc) is 2.15. The summed E-state index contributed by atoms with van der Waals surface area (Å²) in [7, 11) is 1.86. The summed E-state index contributed by atoms with van der Waals surface area (Å²) in [5.41, 5.74) is 1.51. The van der Waals surface area contributed by atoms with Crippen molar-refractivity contribution in [2.75, 3.05) is 18.5 Å². The molecule has 1 unspecified atom stereocenters. The van der Waals surface area contributed by atoms with Crippen molar-refractivity contribution in [3.05, 3.63) is 28.2 Å². The summed E-state index contributed by atoms with van der Waals surface area (Å²) in [5.74, 6) is 0.0277. The van der Waals surface area contributed by atoms with E-state index in [9.17, 15) is 9.90 Å². The smallest absolute Gasteiger partial charge is 0.161 e. The third-order valence-corrected chi connectivity index (χ3v) is 2.78. The van der Waals surface area contributed by atoms with E-state index in [0.717, 1.165) is 10.2 Å². The molecule has 4 heteroatoms. The van der Waals surface area contributed by atoms with Gasteiger partial charge in [-0.2, -0.15) is 0 Å². The van der Waals surface area contributed by atoms with Gasteiger partial charge in [-0.1, -0.05) is 15.9 Å². The number of ketones is 1. The van der Waals surface area contributed by atoms with Gasteiger partial charge in [-0.15, -0.1) is 0 Å². The molecule has 0 radical (unpaired) electrons. The van der Waals surface area contributed by atoms with Gasteiger partial charge < -0.3 is 10.0 Å². The third-order valence-electron chi connectivity index (χ3n) is 2.29. The van der Waals surface area contributed by atoms with Crippen LogP contribution in [0.1, 0.15) is 24.2 Å². The highest BCUT2D eigenvalue weighted by atomic mass is 79.9. The van der Waals surface area contributed by atoms with Gasteiger partial charge in [0.2, 0.25) is 0 Å². The van der Waals surface area contributed by atoms with Gasteiger partial charge in [0, 0.05) is 29.3 Å². The zero-order valence-electron chi connectivity index (χ0n) is 9.70. The Morgan fingerprint density at radius 1 is 1.56 bits per heavy atom. The highest BCUT2D eigenvalue weighted by molar-refractivity contribution is 9.10. The number of carbonyl (C=O) groups is 1. The number of hydrogen-bond acceptors (Lipinski definition) is 3. The molecule has 0 aliphatic carbocycles. The molecule has 3 nitrogen and oxygen atoms in total. The molecule has 0 saturated heterocycles. The first-order valence-corrected chi connectivity index (χ1v) is 5.90. The standard InChI is InChI=1S/C12H16BrNO2/c1-8(15)7-14(3)12-6-10(13)4-5-11(12)9(2)16/h4-6,8,15H,7H2,1-3H3. The number of anilines is 1. The van der Waals surface area contributed by atoms with E-state index in [1.807, 2.05) is 24.1 Å². The van der Waals surface area contributed by atoms with E-state index in [-0.39, 0.29) is 5.78 Å². The first-order chi connectivity index (χ1) is 7.41. The molecule has 0 aromatic heterocycles. The number of aliphatic hydroxyl groups is 1. The minimum absolute atomic E-state index is 0.0277. The molecule has 0 aliphatic heterocycles. The van der Waals surface area contributed by atoms with Gasteiger partial charge in [0.25, 0.3) is 0 Å². The van der Waals surface area contributed by atoms with Crippen LogP contribution in [0.15, 0.2) is 22.7 Å². The van der Waals surface area contributed by atoms with Crippen molar-refractivity contribution >= 4 is 27.4 Å². The maximum absolute atomic E-state index is 11.5. The van der Waals surface area contributed by atoms with E-state index >= 15 is 0 Å². The molecule has 0 bridgehead atoms. The van der Waals surface area contributed by atoms with Crippen LogP contribution in [0.4, 0.5) is 5.69 Å². The predicted molar refractivity (Wildman–Crippen MR) is 69.1 cm³/mol. The summed E-state index contributed by atoms with van der Waals surface area (Å²) in [6, 6.07) is 5.52. The van der Waals surface area contributed by atoms with Gasteiger partial charge in [0.1, 0.15) is 0 Å². The van der Waals surface area contributed by atoms with Crippen LogP contribution in [0.5, 0.6) is 0 Å². The van der Waals surface area contributed by atoms with Crippen LogP contribution in [0.25, 0.3) is 0 Å². The molecule has 0 amide bonds. The fourth-order valence-electron chi connectivity index (χ4n) is 1.61. The monoisotopic (exact) mass is 285 g/mol. The molecule has 88 valence electrons. The van der Waals surface area contributed by atoms with Gasteiger partial charge in [-0.3, -0.25) is 4.79 Å². The molecule has 1 rings (SSSR count). The highest BCUT2D eigenvalue weighted by Gasteiger charge is 2.12. The lowest BCUT2D eigenvalue weighted by atomic mass is 10.1. The molecule has 1 aromatic carbocycles. The minimum Gasteiger partial charge on any atom is -0.392 e. The van der Waals surface area contributed by atoms with Crippen LogP contribution in [0, 0.1) is 0 Å². The van der Waals surface area contributed by atoms with Crippen LogP contribution in [-0.4, -0.2) is 30.6 Å². The van der Waals surface area contributed by atoms with Gasteiger partial charge in [-0.25, -0.2) is 0 Å². The molecule has 0 fully saturated rings. The number of benzene rings is 1. The van der Waals surface area contributed by atoms with E-state index in [0.29, 0.717) is 12.1 Å². The zero-order valence-corrected chi connectivity index (χ0v) is 11.3. The van der Waals surface area contributed by atoms with Crippen LogP contribution >= 0.6 is 15.9 Å². The van der Waals surface area contributed by atoms with Gasteiger partial charge >= 0.3 is 0 Å². The van der Waals surface area contributed by atoms with E-state index in [2.05, 4.69) is 15.9 Å². The van der Waals surface area contributed by atoms with Crippen molar-refractivity contribution in [3.63, 3.8) is 0 Å². The van der Waals surface area contributed by atoms with Crippen molar-refractivity contribution in [2.45, 2.75) is 20.0 Å². The lowest BCUT2D eigenvalue weighted by molar-refractivity contribution is 0.101. The second-order valence-electron chi connectivity index (χ2n) is 3.95. The molecule has 16 heavy (non-hydrogen) atoms. The second kappa shape index (κ2) is 5.46. The fourth-order valence-corrected chi connectivity index (χ4v) is 1.96. The Bertz CT molecular complexity index is 391. The zero-order chi connectivity index (χ0) is 12.3. The Morgan fingerprint density at radius 3 is 2.69 bits per heavy atom. The molecule has 0 heterocycles. The number of hydrogen-bond donors (Lipinski definition) is 1. The topological polar surface area (TPSA) is 40.5 Å². The molecular formula is C12H16BrNO2. The van der Waals surface area contributed by atoms with Crippen molar-refractivity contribution < 1.29 is 9.90 Å². The number of rotatable bonds is 4. The molecule has 0 spiro atoms. The summed E-state index contributed by atoms with van der Waals surface area (Å²) >= 11 is 3.38. The number of aliphatic hydroxyl groups excluding tert-OH is 1. The van der Waals surface area contributed by atoms with Crippen molar-refractivity contribution in [1.29, 1.82) is 0 Å². The Balaban J connectivity index is 3.09.